The van der Waals surface area contributed by atoms with Crippen LogP contribution < -0.4 is 4.74 Å². The van der Waals surface area contributed by atoms with Crippen molar-refractivity contribution < 1.29 is 125 Å². The molecule has 0 bridgehead atoms. The second-order valence-electron chi connectivity index (χ2n) is 35.2. The van der Waals surface area contributed by atoms with E-state index in [0.29, 0.717) is 0 Å². The molecule has 8 aromatic carbocycles. The minimum absolute atomic E-state index is 0. The second-order valence-corrected chi connectivity index (χ2v) is 35.2. The van der Waals surface area contributed by atoms with Crippen LogP contribution in [0.3, 0.4) is 0 Å². The van der Waals surface area contributed by atoms with Gasteiger partial charge in [-0.2, -0.15) is 0 Å². The molecular formula is C108H128Ir4N4O9-4. The van der Waals surface area contributed by atoms with Crippen molar-refractivity contribution in [2.45, 2.75) is 214 Å². The molecule has 0 atom stereocenters. The number of carbonyl (C=O) groups is 4. The number of methoxy groups -OCH3 is 1. The molecule has 0 aliphatic rings. The van der Waals surface area contributed by atoms with Crippen LogP contribution in [0.15, 0.2) is 205 Å². The van der Waals surface area contributed by atoms with Crippen LogP contribution in [0, 0.1) is 122 Å². The summed E-state index contributed by atoms with van der Waals surface area (Å²) in [4.78, 5) is 62.2. The smallest absolute Gasteiger partial charge is 0.164 e. The van der Waals surface area contributed by atoms with Gasteiger partial charge in [-0.25, -0.2) is 0 Å². The Balaban J connectivity index is 0.000000729. The first-order valence-corrected chi connectivity index (χ1v) is 41.1. The molecule has 13 nitrogen and oxygen atoms in total. The summed E-state index contributed by atoms with van der Waals surface area (Å²) in [6.07, 6.45) is 7.11. The van der Waals surface area contributed by atoms with E-state index in [1.54, 1.807) is 7.11 Å². The number of ether oxygens (including phenoxy) is 1. The monoisotopic (exact) mass is 2400 g/mol. The number of pyridine rings is 4. The third kappa shape index (κ3) is 37.2. The standard InChI is InChI=1S/C20H20N.C19H18NO.C19H18N.C18H16N.2C11H20O2.2C5H8O2.4Ir/c1-5-16-12-17-8-9-19(21-20(17)11-15(16)4)18-10-13(2)6-7-14(18)3;1-4-14-11-16-8-9-18(20-19(16)10-13(14)2)15-6-5-7-17(12-15)21-3;1-12-7-13(2)10-16(9-12)18-6-5-17-15(4)8-14(3)11-19(17)20-18;1-12-5-4-6-15(10-12)17-8-7-16-14(3)9-13(2)11-18(16)19-17;2*1-10(2,3)8(12)7-9(13)11(4,5)6;2*1-4(6)3-5(2)7;;;;/h6-9,11-12H,5H2,1-4H3;5,7-12H,4H2,1-3H3;5-9,11H,1-4H3;4-5,7-11H,1-3H3;2*7,12H,1-6H3;2*3,6H,1-2H3;;;;/q4*-1;;;;;;;;. The van der Waals surface area contributed by atoms with Crippen molar-refractivity contribution in [3.05, 3.63) is 302 Å². The number of hydrogen-bond donors (Lipinski definition) is 4. The van der Waals surface area contributed by atoms with Crippen LogP contribution in [0.1, 0.15) is 197 Å². The Morgan fingerprint density at radius 3 is 1.11 bits per heavy atom. The Labute approximate surface area is 799 Å². The van der Waals surface area contributed by atoms with Gasteiger partial charge < -0.3 is 25.2 Å². The van der Waals surface area contributed by atoms with Crippen molar-refractivity contribution in [3.63, 3.8) is 0 Å². The fraction of sp³-hybridized carbons (Fsp3) is 0.333. The van der Waals surface area contributed by atoms with Gasteiger partial charge in [-0.05, 0) is 197 Å². The van der Waals surface area contributed by atoms with Crippen molar-refractivity contribution in [1.82, 2.24) is 19.9 Å². The molecule has 4 heterocycles. The Bertz CT molecular complexity index is 5700. The number of aryl methyl sites for hydroxylation is 13. The normalized spacial score (nSPS) is 11.4. The van der Waals surface area contributed by atoms with Crippen molar-refractivity contribution in [1.29, 1.82) is 0 Å². The van der Waals surface area contributed by atoms with Gasteiger partial charge in [0, 0.05) is 143 Å². The fourth-order valence-electron chi connectivity index (χ4n) is 12.3. The largest absolute Gasteiger partial charge is 0.516 e. The summed E-state index contributed by atoms with van der Waals surface area (Å²) in [5.74, 6) is 0.905. The van der Waals surface area contributed by atoms with E-state index in [-0.39, 0.29) is 137 Å². The number of hydrogen-bond acceptors (Lipinski definition) is 13. The molecule has 0 saturated carbocycles. The minimum atomic E-state index is -0.417. The van der Waals surface area contributed by atoms with Gasteiger partial charge in [0.15, 0.2) is 23.1 Å². The maximum Gasteiger partial charge on any atom is 0.164 e. The van der Waals surface area contributed by atoms with Crippen molar-refractivity contribution in [2.24, 2.45) is 21.7 Å². The van der Waals surface area contributed by atoms with E-state index in [1.165, 1.54) is 135 Å². The van der Waals surface area contributed by atoms with Crippen molar-refractivity contribution >= 4 is 66.7 Å². The molecule has 0 spiro atoms. The van der Waals surface area contributed by atoms with Crippen molar-refractivity contribution in [3.8, 4) is 50.8 Å². The fourth-order valence-corrected chi connectivity index (χ4v) is 12.3. The summed E-state index contributed by atoms with van der Waals surface area (Å²) in [5.41, 5.74) is 27.2. The zero-order valence-corrected chi connectivity index (χ0v) is 88.3. The van der Waals surface area contributed by atoms with E-state index in [2.05, 4.69) is 242 Å². The van der Waals surface area contributed by atoms with Gasteiger partial charge in [-0.3, -0.25) is 39.1 Å². The zero-order valence-electron chi connectivity index (χ0n) is 78.7. The van der Waals surface area contributed by atoms with E-state index < -0.39 is 10.8 Å². The summed E-state index contributed by atoms with van der Waals surface area (Å²) in [5, 5.41) is 40.7. The summed E-state index contributed by atoms with van der Waals surface area (Å²) in [6.45, 7) is 55.6. The predicted octanol–water partition coefficient (Wildman–Crippen LogP) is 27.6. The molecule has 0 aliphatic heterocycles. The molecule has 4 radical (unpaired) electrons. The number of ketones is 4. The average Bonchev–Trinajstić information content (AvgIpc) is 0.809. The first-order valence-electron chi connectivity index (χ1n) is 41.1. The summed E-state index contributed by atoms with van der Waals surface area (Å²) in [6, 6.07) is 68.1. The van der Waals surface area contributed by atoms with Gasteiger partial charge in [0.2, 0.25) is 0 Å². The molecule has 0 fully saturated rings. The number of aliphatic hydroxyl groups is 4. The molecule has 125 heavy (non-hydrogen) atoms. The third-order valence-electron chi connectivity index (χ3n) is 19.2. The molecule has 17 heteroatoms. The van der Waals surface area contributed by atoms with Gasteiger partial charge in [0.1, 0.15) is 11.5 Å². The molecule has 0 aliphatic carbocycles. The zero-order chi connectivity index (χ0) is 90.9. The maximum absolute atomic E-state index is 11.5. The van der Waals surface area contributed by atoms with Crippen LogP contribution in [0.25, 0.3) is 88.6 Å². The van der Waals surface area contributed by atoms with Crippen LogP contribution in [-0.4, -0.2) is 70.6 Å². The number of carbonyl (C=O) groups excluding carboxylic acids is 4. The number of nitrogens with zero attached hydrogens (tertiary/aromatic N) is 4. The maximum atomic E-state index is 11.5. The van der Waals surface area contributed by atoms with Gasteiger partial charge >= 0.3 is 0 Å². The Morgan fingerprint density at radius 2 is 0.736 bits per heavy atom. The molecule has 12 aromatic rings. The summed E-state index contributed by atoms with van der Waals surface area (Å²) in [7, 11) is 1.67. The third-order valence-corrected chi connectivity index (χ3v) is 19.2. The van der Waals surface area contributed by atoms with Crippen LogP contribution >= 0.6 is 0 Å². The van der Waals surface area contributed by atoms with Gasteiger partial charge in [0.25, 0.3) is 0 Å². The Kier molecular flexibility index (Phi) is 46.8. The van der Waals surface area contributed by atoms with Gasteiger partial charge in [-0.1, -0.05) is 192 Å². The van der Waals surface area contributed by atoms with E-state index >= 15 is 0 Å². The summed E-state index contributed by atoms with van der Waals surface area (Å²) < 4.78 is 5.27. The van der Waals surface area contributed by atoms with Crippen LogP contribution in [0.4, 0.5) is 0 Å². The first kappa shape index (κ1) is 114. The van der Waals surface area contributed by atoms with Gasteiger partial charge in [0.05, 0.1) is 40.7 Å². The number of fused-ring (bicyclic) bond motifs is 4. The average molecular weight is 2400 g/mol. The van der Waals surface area contributed by atoms with Crippen molar-refractivity contribution in [2.75, 3.05) is 7.11 Å². The number of aromatic nitrogens is 4. The number of rotatable bonds is 11. The van der Waals surface area contributed by atoms with Crippen LogP contribution in [0.5, 0.6) is 5.75 Å². The van der Waals surface area contributed by atoms with E-state index in [4.69, 9.17) is 34.9 Å². The molecule has 0 amide bonds. The number of benzene rings is 8. The van der Waals surface area contributed by atoms with Crippen LogP contribution in [-0.2, 0) is 112 Å². The van der Waals surface area contributed by atoms with Gasteiger partial charge in [-0.15, -0.1) is 135 Å². The molecule has 674 valence electrons. The Morgan fingerprint density at radius 1 is 0.360 bits per heavy atom. The SMILES string of the molecule is CC(=O)C=C(C)O.CC(=O)C=C(C)O.CC(C)(C)C(=O)C=C(O)C(C)(C)C.CC(C)(C)C(=O)C=C(O)C(C)(C)C.CCc1cc2ccc(-c3[c-]c(C)ccc3C)nc2cc1C.CCc1cc2ccc(-c3[c-]ccc(OC)c3)nc2cc1C.Cc1[c-]c(-c2ccc3c(C)cc(C)cc3n2)cc(C)c1.Cc1cc[c-]c(-c2ccc3c(C)cc(C)cc3n2)c1.[Ir].[Ir].[Ir].[Ir]. The molecule has 0 saturated heterocycles. The second kappa shape index (κ2) is 51.4. The molecule has 4 aromatic heterocycles. The number of allylic oxidation sites excluding steroid dienone is 8. The van der Waals surface area contributed by atoms with Crippen LogP contribution in [0.2, 0.25) is 0 Å². The quantitative estimate of drug-likeness (QED) is 0.0540. The molecule has 12 rings (SSSR count). The number of aliphatic hydroxyl groups excluding tert-OH is 4. The molecule has 0 unspecified atom stereocenters. The first-order chi connectivity index (χ1) is 56.3. The Hall–Kier alpha value is -9.36. The minimum Gasteiger partial charge on any atom is -0.516 e. The molecule has 4 N–H and O–H groups in total. The predicted molar refractivity (Wildman–Crippen MR) is 505 cm³/mol. The topological polar surface area (TPSA) is 210 Å². The summed E-state index contributed by atoms with van der Waals surface area (Å²) >= 11 is 0. The van der Waals surface area contributed by atoms with E-state index in [1.807, 2.05) is 113 Å². The van der Waals surface area contributed by atoms with E-state index in [9.17, 15) is 29.4 Å². The molecular weight excluding hydrogens is 2270 g/mol. The van der Waals surface area contributed by atoms with E-state index in [0.717, 1.165) is 96.8 Å².